The number of hydrogen-bond donors (Lipinski definition) is 0. The predicted molar refractivity (Wildman–Crippen MR) is 123 cm³/mol. The van der Waals surface area contributed by atoms with Gasteiger partial charge in [0, 0.05) is 24.0 Å². The third-order valence-electron chi connectivity index (χ3n) is 5.78. The lowest BCUT2D eigenvalue weighted by Crippen LogP contribution is -2.35. The Balaban J connectivity index is 1.40. The maximum Gasteiger partial charge on any atom is 0.325 e. The molecule has 7 nitrogen and oxygen atoms in total. The highest BCUT2D eigenvalue weighted by Crippen LogP contribution is 2.31. The highest BCUT2D eigenvalue weighted by molar-refractivity contribution is 6.06. The molecule has 5 rings (SSSR count). The van der Waals surface area contributed by atoms with Crippen molar-refractivity contribution in [2.75, 3.05) is 31.6 Å². The molecule has 166 valence electrons. The molecule has 1 aliphatic heterocycles. The van der Waals surface area contributed by atoms with Gasteiger partial charge in [0.1, 0.15) is 17.3 Å². The van der Waals surface area contributed by atoms with E-state index >= 15 is 0 Å². The number of benzene rings is 3. The van der Waals surface area contributed by atoms with E-state index in [4.69, 9.17) is 4.74 Å². The summed E-state index contributed by atoms with van der Waals surface area (Å²) in [7, 11) is 1.54. The number of methoxy groups -OCH3 is 1. The molecule has 0 saturated carbocycles. The van der Waals surface area contributed by atoms with Crippen LogP contribution in [0.3, 0.4) is 0 Å². The third kappa shape index (κ3) is 3.69. The lowest BCUT2D eigenvalue weighted by atomic mass is 10.1. The Bertz CT molecular complexity index is 1370. The second-order valence-electron chi connectivity index (χ2n) is 7.73. The van der Waals surface area contributed by atoms with Gasteiger partial charge in [-0.05, 0) is 36.4 Å². The number of aromatic nitrogens is 2. The number of amides is 2. The summed E-state index contributed by atoms with van der Waals surface area (Å²) in [6.07, 6.45) is 1.63. The van der Waals surface area contributed by atoms with Gasteiger partial charge in [-0.15, -0.1) is 0 Å². The van der Waals surface area contributed by atoms with Crippen LogP contribution in [0, 0.1) is 5.82 Å². The maximum absolute atomic E-state index is 14.3. The maximum atomic E-state index is 14.3. The second kappa shape index (κ2) is 8.38. The number of carbonyl (C=O) groups excluding carboxylic acids is 2. The zero-order chi connectivity index (χ0) is 22.9. The zero-order valence-electron chi connectivity index (χ0n) is 17.9. The molecule has 0 aliphatic carbocycles. The summed E-state index contributed by atoms with van der Waals surface area (Å²) in [5.41, 5.74) is 2.20. The number of ether oxygens (including phenoxy) is 1. The first-order chi connectivity index (χ1) is 16.1. The fraction of sp³-hybridized carbons (Fsp3) is 0.160. The highest BCUT2D eigenvalue weighted by atomic mass is 19.1. The average molecular weight is 444 g/mol. The van der Waals surface area contributed by atoms with Crippen LogP contribution in [0.2, 0.25) is 0 Å². The van der Waals surface area contributed by atoms with E-state index in [2.05, 4.69) is 5.10 Å². The van der Waals surface area contributed by atoms with E-state index in [1.807, 2.05) is 18.2 Å². The number of nitrogens with zero attached hydrogens (tertiary/aromatic N) is 4. The minimum Gasteiger partial charge on any atom is -0.497 e. The predicted octanol–water partition coefficient (Wildman–Crippen LogP) is 4.30. The standard InChI is InChI=1S/C25H21FN4O3/c1-33-18-7-4-6-17(14-18)24(31)16-28-12-13-29(25(28)32)21-10-5-11-22-19(21)15-27-30(22)23-9-3-2-8-20(23)26/h2-11,14-15H,12-13,16H2,1H3. The Morgan fingerprint density at radius 2 is 1.82 bits per heavy atom. The summed E-state index contributed by atoms with van der Waals surface area (Å²) >= 11 is 0. The van der Waals surface area contributed by atoms with E-state index in [1.54, 1.807) is 60.7 Å². The van der Waals surface area contributed by atoms with Crippen molar-refractivity contribution in [1.29, 1.82) is 0 Å². The van der Waals surface area contributed by atoms with Gasteiger partial charge in [-0.3, -0.25) is 9.69 Å². The van der Waals surface area contributed by atoms with Gasteiger partial charge in [-0.2, -0.15) is 5.10 Å². The van der Waals surface area contributed by atoms with Gasteiger partial charge in [0.2, 0.25) is 0 Å². The van der Waals surface area contributed by atoms with Crippen LogP contribution in [0.15, 0.2) is 72.9 Å². The van der Waals surface area contributed by atoms with Crippen molar-refractivity contribution in [2.24, 2.45) is 0 Å². The Morgan fingerprint density at radius 3 is 2.64 bits per heavy atom. The first-order valence-corrected chi connectivity index (χ1v) is 10.5. The molecule has 33 heavy (non-hydrogen) atoms. The number of anilines is 1. The number of fused-ring (bicyclic) bond motifs is 1. The summed E-state index contributed by atoms with van der Waals surface area (Å²) in [6, 6.07) is 18.5. The van der Waals surface area contributed by atoms with Gasteiger partial charge in [0.25, 0.3) is 0 Å². The normalized spacial score (nSPS) is 13.7. The van der Waals surface area contributed by atoms with E-state index in [0.717, 1.165) is 5.39 Å². The SMILES string of the molecule is COc1cccc(C(=O)CN2CCN(c3cccc4c3cnn4-c3ccccc3F)C2=O)c1. The Morgan fingerprint density at radius 1 is 1.03 bits per heavy atom. The highest BCUT2D eigenvalue weighted by Gasteiger charge is 2.32. The molecule has 2 heterocycles. The third-order valence-corrected chi connectivity index (χ3v) is 5.78. The molecule has 0 N–H and O–H groups in total. The van der Waals surface area contributed by atoms with Crippen molar-refractivity contribution >= 4 is 28.4 Å². The van der Waals surface area contributed by atoms with Crippen LogP contribution < -0.4 is 9.64 Å². The van der Waals surface area contributed by atoms with Gasteiger partial charge in [0.05, 0.1) is 31.1 Å². The van der Waals surface area contributed by atoms with E-state index in [9.17, 15) is 14.0 Å². The fourth-order valence-corrected chi connectivity index (χ4v) is 4.10. The van der Waals surface area contributed by atoms with Crippen LogP contribution in [0.5, 0.6) is 5.75 Å². The molecule has 1 saturated heterocycles. The minimum atomic E-state index is -0.382. The van der Waals surface area contributed by atoms with Crippen LogP contribution in [0.4, 0.5) is 14.9 Å². The van der Waals surface area contributed by atoms with Gasteiger partial charge < -0.3 is 9.64 Å². The number of hydrogen-bond acceptors (Lipinski definition) is 4. The van der Waals surface area contributed by atoms with Crippen LogP contribution in [-0.4, -0.2) is 53.2 Å². The molecule has 1 aromatic heterocycles. The van der Waals surface area contributed by atoms with Crippen molar-refractivity contribution in [1.82, 2.24) is 14.7 Å². The summed E-state index contributed by atoms with van der Waals surface area (Å²) < 4.78 is 21.0. The monoisotopic (exact) mass is 444 g/mol. The molecule has 0 radical (unpaired) electrons. The quantitative estimate of drug-likeness (QED) is 0.416. The zero-order valence-corrected chi connectivity index (χ0v) is 17.9. The van der Waals surface area contributed by atoms with Gasteiger partial charge in [-0.25, -0.2) is 13.9 Å². The van der Waals surface area contributed by atoms with E-state index < -0.39 is 0 Å². The fourth-order valence-electron chi connectivity index (χ4n) is 4.10. The molecular weight excluding hydrogens is 423 g/mol. The molecular formula is C25H21FN4O3. The van der Waals surface area contributed by atoms with Crippen LogP contribution >= 0.6 is 0 Å². The Hall–Kier alpha value is -4.20. The lowest BCUT2D eigenvalue weighted by Gasteiger charge is -2.19. The van der Waals surface area contributed by atoms with Crippen molar-refractivity contribution in [3.63, 3.8) is 0 Å². The molecule has 0 atom stereocenters. The molecule has 1 fully saturated rings. The van der Waals surface area contributed by atoms with Crippen LogP contribution in [-0.2, 0) is 0 Å². The van der Waals surface area contributed by atoms with Gasteiger partial charge in [-0.1, -0.05) is 30.3 Å². The first kappa shape index (κ1) is 20.7. The number of Topliss-reactive ketones (excluding diaryl/α,β-unsaturated/α-hetero) is 1. The molecule has 3 aromatic carbocycles. The smallest absolute Gasteiger partial charge is 0.325 e. The second-order valence-corrected chi connectivity index (χ2v) is 7.73. The van der Waals surface area contributed by atoms with E-state index in [1.165, 1.54) is 15.6 Å². The van der Waals surface area contributed by atoms with Crippen molar-refractivity contribution < 1.29 is 18.7 Å². The van der Waals surface area contributed by atoms with Crippen LogP contribution in [0.25, 0.3) is 16.6 Å². The molecule has 0 unspecified atom stereocenters. The summed E-state index contributed by atoms with van der Waals surface area (Å²) in [4.78, 5) is 29.1. The number of carbonyl (C=O) groups is 2. The van der Waals surface area contributed by atoms with E-state index in [-0.39, 0.29) is 24.2 Å². The van der Waals surface area contributed by atoms with Crippen molar-refractivity contribution in [2.45, 2.75) is 0 Å². The number of rotatable bonds is 6. The summed E-state index contributed by atoms with van der Waals surface area (Å²) in [5.74, 6) is 0.0517. The Kier molecular flexibility index (Phi) is 5.26. The molecule has 4 aromatic rings. The topological polar surface area (TPSA) is 67.7 Å². The molecule has 0 spiro atoms. The number of halogens is 1. The average Bonchev–Trinajstić information content (AvgIpc) is 3.43. The lowest BCUT2D eigenvalue weighted by molar-refractivity contribution is 0.0954. The molecule has 2 amide bonds. The van der Waals surface area contributed by atoms with Crippen molar-refractivity contribution in [3.8, 4) is 11.4 Å². The minimum absolute atomic E-state index is 0.0209. The van der Waals surface area contributed by atoms with Crippen molar-refractivity contribution in [3.05, 3.63) is 84.3 Å². The van der Waals surface area contributed by atoms with Gasteiger partial charge >= 0.3 is 6.03 Å². The Labute approximate surface area is 189 Å². The number of urea groups is 1. The molecule has 1 aliphatic rings. The summed E-state index contributed by atoms with van der Waals surface area (Å²) in [5, 5.41) is 5.10. The van der Waals surface area contributed by atoms with E-state index in [0.29, 0.717) is 41.3 Å². The largest absolute Gasteiger partial charge is 0.497 e. The number of para-hydroxylation sites is 1. The molecule has 0 bridgehead atoms. The molecule has 8 heteroatoms. The van der Waals surface area contributed by atoms with Crippen LogP contribution in [0.1, 0.15) is 10.4 Å². The summed E-state index contributed by atoms with van der Waals surface area (Å²) in [6.45, 7) is 0.841. The first-order valence-electron chi connectivity index (χ1n) is 10.5. The van der Waals surface area contributed by atoms with Gasteiger partial charge in [0.15, 0.2) is 5.78 Å². The number of ketones is 1.